The molecule has 1 rings (SSSR count). The predicted octanol–water partition coefficient (Wildman–Crippen LogP) is -0.305. The van der Waals surface area contributed by atoms with Gasteiger partial charge in [-0.1, -0.05) is 6.92 Å². The fourth-order valence-corrected chi connectivity index (χ4v) is 0.797. The van der Waals surface area contributed by atoms with Gasteiger partial charge < -0.3 is 10.4 Å². The van der Waals surface area contributed by atoms with Crippen molar-refractivity contribution in [2.45, 2.75) is 25.9 Å². The van der Waals surface area contributed by atoms with Crippen molar-refractivity contribution in [3.05, 3.63) is 11.9 Å². The molecule has 1 unspecified atom stereocenters. The Morgan fingerprint density at radius 2 is 2.50 bits per heavy atom. The molecule has 0 aliphatic carbocycles. The minimum atomic E-state index is -0.876. The molecule has 1 aromatic heterocycles. The molecule has 0 aliphatic rings. The first-order valence-corrected chi connectivity index (χ1v) is 4.41. The molecule has 0 aromatic carbocycles. The van der Waals surface area contributed by atoms with Crippen molar-refractivity contribution >= 4 is 5.91 Å². The Morgan fingerprint density at radius 1 is 1.79 bits per heavy atom. The molecule has 1 aromatic rings. The average Bonchev–Trinajstić information content (AvgIpc) is 2.67. The number of carbonyl (C=O) groups is 1. The van der Waals surface area contributed by atoms with Crippen LogP contribution in [-0.2, 0) is 0 Å². The number of amides is 1. The van der Waals surface area contributed by atoms with E-state index in [9.17, 15) is 9.90 Å². The van der Waals surface area contributed by atoms with Gasteiger partial charge in [-0.25, -0.2) is 0 Å². The molecule has 3 N–H and O–H groups in total. The van der Waals surface area contributed by atoms with E-state index >= 15 is 0 Å². The third kappa shape index (κ3) is 2.81. The quantitative estimate of drug-likeness (QED) is 0.619. The Balaban J connectivity index is 2.43. The molecule has 1 amide bonds. The largest absolute Gasteiger partial charge is 0.388 e. The van der Waals surface area contributed by atoms with E-state index in [-0.39, 0.29) is 18.1 Å². The van der Waals surface area contributed by atoms with E-state index in [0.29, 0.717) is 6.42 Å². The standard InChI is InChI=1S/C8H14N4O2/c1-3-8(2,14)5-9-7(13)6-4-10-12-11-6/h4,14H,3,5H2,1-2H3,(H,9,13)(H,10,11,12). The summed E-state index contributed by atoms with van der Waals surface area (Å²) in [6, 6.07) is 0. The molecule has 0 aliphatic heterocycles. The molecule has 6 nitrogen and oxygen atoms in total. The van der Waals surface area contributed by atoms with Gasteiger partial charge in [-0.2, -0.15) is 15.4 Å². The van der Waals surface area contributed by atoms with Crippen LogP contribution in [0.1, 0.15) is 30.8 Å². The monoisotopic (exact) mass is 198 g/mol. The zero-order chi connectivity index (χ0) is 10.6. The number of hydrogen-bond donors (Lipinski definition) is 3. The Bertz CT molecular complexity index is 294. The molecular formula is C8H14N4O2. The zero-order valence-electron chi connectivity index (χ0n) is 8.24. The molecule has 0 bridgehead atoms. The van der Waals surface area contributed by atoms with Crippen LogP contribution in [0.25, 0.3) is 0 Å². The van der Waals surface area contributed by atoms with Crippen LogP contribution in [0.2, 0.25) is 0 Å². The first-order chi connectivity index (χ1) is 6.55. The minimum absolute atomic E-state index is 0.204. The Hall–Kier alpha value is -1.43. The lowest BCUT2D eigenvalue weighted by molar-refractivity contribution is 0.0517. The van der Waals surface area contributed by atoms with Crippen LogP contribution < -0.4 is 5.32 Å². The van der Waals surface area contributed by atoms with E-state index in [0.717, 1.165) is 0 Å². The number of aromatic nitrogens is 3. The van der Waals surface area contributed by atoms with Crippen LogP contribution >= 0.6 is 0 Å². The molecule has 6 heteroatoms. The number of aromatic amines is 1. The molecule has 78 valence electrons. The molecule has 0 spiro atoms. The number of rotatable bonds is 4. The normalized spacial score (nSPS) is 14.8. The van der Waals surface area contributed by atoms with Crippen molar-refractivity contribution in [2.24, 2.45) is 0 Å². The third-order valence-corrected chi connectivity index (χ3v) is 2.04. The summed E-state index contributed by atoms with van der Waals surface area (Å²) in [5, 5.41) is 21.6. The van der Waals surface area contributed by atoms with Gasteiger partial charge in [0.25, 0.3) is 5.91 Å². The van der Waals surface area contributed by atoms with Gasteiger partial charge in [-0.15, -0.1) is 0 Å². The van der Waals surface area contributed by atoms with Gasteiger partial charge in [0.1, 0.15) is 0 Å². The Labute approximate surface area is 81.7 Å². The van der Waals surface area contributed by atoms with E-state index in [1.54, 1.807) is 6.92 Å². The lowest BCUT2D eigenvalue weighted by atomic mass is 10.0. The van der Waals surface area contributed by atoms with Crippen LogP contribution in [0, 0.1) is 0 Å². The van der Waals surface area contributed by atoms with Crippen molar-refractivity contribution in [1.82, 2.24) is 20.7 Å². The second-order valence-electron chi connectivity index (χ2n) is 3.39. The van der Waals surface area contributed by atoms with Crippen LogP contribution in [0.5, 0.6) is 0 Å². The average molecular weight is 198 g/mol. The molecule has 0 fully saturated rings. The molecule has 1 heterocycles. The molecule has 0 radical (unpaired) electrons. The van der Waals surface area contributed by atoms with Crippen LogP contribution in [0.3, 0.4) is 0 Å². The Kier molecular flexibility index (Phi) is 3.19. The third-order valence-electron chi connectivity index (χ3n) is 2.04. The highest BCUT2D eigenvalue weighted by molar-refractivity contribution is 5.91. The lowest BCUT2D eigenvalue weighted by Gasteiger charge is -2.20. The van der Waals surface area contributed by atoms with Gasteiger partial charge in [0, 0.05) is 6.54 Å². The topological polar surface area (TPSA) is 90.9 Å². The summed E-state index contributed by atoms with van der Waals surface area (Å²) in [4.78, 5) is 11.3. The summed E-state index contributed by atoms with van der Waals surface area (Å²) in [5.41, 5.74) is -0.656. The van der Waals surface area contributed by atoms with Crippen LogP contribution in [0.4, 0.5) is 0 Å². The van der Waals surface area contributed by atoms with Gasteiger partial charge >= 0.3 is 0 Å². The number of carbonyl (C=O) groups excluding carboxylic acids is 1. The van der Waals surface area contributed by atoms with E-state index in [1.165, 1.54) is 6.20 Å². The first kappa shape index (κ1) is 10.6. The van der Waals surface area contributed by atoms with E-state index in [1.807, 2.05) is 6.92 Å². The minimum Gasteiger partial charge on any atom is -0.388 e. The van der Waals surface area contributed by atoms with Crippen molar-refractivity contribution in [3.63, 3.8) is 0 Å². The van der Waals surface area contributed by atoms with E-state index < -0.39 is 5.60 Å². The van der Waals surface area contributed by atoms with Gasteiger partial charge in [0.05, 0.1) is 11.8 Å². The molecule has 1 atom stereocenters. The predicted molar refractivity (Wildman–Crippen MR) is 49.6 cm³/mol. The van der Waals surface area contributed by atoms with Gasteiger partial charge in [-0.3, -0.25) is 4.79 Å². The van der Waals surface area contributed by atoms with E-state index in [2.05, 4.69) is 20.7 Å². The zero-order valence-corrected chi connectivity index (χ0v) is 8.24. The highest BCUT2D eigenvalue weighted by atomic mass is 16.3. The second-order valence-corrected chi connectivity index (χ2v) is 3.39. The summed E-state index contributed by atoms with van der Waals surface area (Å²) in [6.45, 7) is 3.72. The van der Waals surface area contributed by atoms with Crippen LogP contribution in [-0.4, -0.2) is 38.6 Å². The molecule has 0 saturated heterocycles. The van der Waals surface area contributed by atoms with Gasteiger partial charge in [0.15, 0.2) is 5.69 Å². The van der Waals surface area contributed by atoms with Crippen molar-refractivity contribution in [1.29, 1.82) is 0 Å². The van der Waals surface area contributed by atoms with Crippen molar-refractivity contribution in [3.8, 4) is 0 Å². The summed E-state index contributed by atoms with van der Waals surface area (Å²) < 4.78 is 0. The summed E-state index contributed by atoms with van der Waals surface area (Å²) in [7, 11) is 0. The van der Waals surface area contributed by atoms with Crippen molar-refractivity contribution < 1.29 is 9.90 Å². The summed E-state index contributed by atoms with van der Waals surface area (Å²) >= 11 is 0. The van der Waals surface area contributed by atoms with Crippen LogP contribution in [0.15, 0.2) is 6.20 Å². The summed E-state index contributed by atoms with van der Waals surface area (Å²) in [5.74, 6) is -0.340. The number of H-pyrrole nitrogens is 1. The molecule has 0 saturated carbocycles. The second kappa shape index (κ2) is 4.19. The SMILES string of the molecule is CCC(C)(O)CNC(=O)c1cn[nH]n1. The molecule has 14 heavy (non-hydrogen) atoms. The van der Waals surface area contributed by atoms with Gasteiger partial charge in [-0.05, 0) is 13.3 Å². The maximum Gasteiger partial charge on any atom is 0.273 e. The number of nitrogens with zero attached hydrogens (tertiary/aromatic N) is 2. The number of aliphatic hydroxyl groups is 1. The Morgan fingerprint density at radius 3 is 3.00 bits per heavy atom. The maximum absolute atomic E-state index is 11.3. The maximum atomic E-state index is 11.3. The number of hydrogen-bond acceptors (Lipinski definition) is 4. The number of nitrogens with one attached hydrogen (secondary N) is 2. The fraction of sp³-hybridized carbons (Fsp3) is 0.625. The first-order valence-electron chi connectivity index (χ1n) is 4.41. The summed E-state index contributed by atoms with van der Waals surface area (Å²) in [6.07, 6.45) is 1.90. The lowest BCUT2D eigenvalue weighted by Crippen LogP contribution is -2.40. The highest BCUT2D eigenvalue weighted by Crippen LogP contribution is 2.06. The highest BCUT2D eigenvalue weighted by Gasteiger charge is 2.19. The molecular weight excluding hydrogens is 184 g/mol. The van der Waals surface area contributed by atoms with E-state index in [4.69, 9.17) is 0 Å². The van der Waals surface area contributed by atoms with Crippen molar-refractivity contribution in [2.75, 3.05) is 6.54 Å². The van der Waals surface area contributed by atoms with Gasteiger partial charge in [0.2, 0.25) is 0 Å². The smallest absolute Gasteiger partial charge is 0.273 e. The fourth-order valence-electron chi connectivity index (χ4n) is 0.797.